The fourth-order valence-electron chi connectivity index (χ4n) is 4.08. The van der Waals surface area contributed by atoms with Gasteiger partial charge in [0.25, 0.3) is 0 Å². The number of hydrogen-bond acceptors (Lipinski definition) is 1. The highest BCUT2D eigenvalue weighted by molar-refractivity contribution is 5.82. The van der Waals surface area contributed by atoms with Gasteiger partial charge < -0.3 is 0 Å². The van der Waals surface area contributed by atoms with E-state index in [-0.39, 0.29) is 0 Å². The molecule has 0 amide bonds. The van der Waals surface area contributed by atoms with Crippen LogP contribution in [0.5, 0.6) is 0 Å². The molecular weight excluding hydrogens is 232 g/mol. The third-order valence-electron chi connectivity index (χ3n) is 5.22. The summed E-state index contributed by atoms with van der Waals surface area (Å²) in [6.45, 7) is 2.25. The lowest BCUT2D eigenvalue weighted by Gasteiger charge is -2.26. The van der Waals surface area contributed by atoms with Gasteiger partial charge >= 0.3 is 0 Å². The number of ketones is 1. The largest absolute Gasteiger partial charge is 0.299 e. The zero-order chi connectivity index (χ0) is 13.2. The summed E-state index contributed by atoms with van der Waals surface area (Å²) in [4.78, 5) is 12.5. The first-order valence-corrected chi connectivity index (χ1v) is 7.86. The minimum absolute atomic E-state index is 0.356. The Morgan fingerprint density at radius 3 is 2.79 bits per heavy atom. The van der Waals surface area contributed by atoms with Crippen LogP contribution in [0.4, 0.5) is 0 Å². The average molecular weight is 256 g/mol. The number of fused-ring (bicyclic) bond motifs is 1. The lowest BCUT2D eigenvalue weighted by atomic mass is 9.78. The van der Waals surface area contributed by atoms with Crippen LogP contribution in [0.3, 0.4) is 0 Å². The topological polar surface area (TPSA) is 17.1 Å². The lowest BCUT2D eigenvalue weighted by Crippen LogP contribution is -2.21. The van der Waals surface area contributed by atoms with Crippen molar-refractivity contribution >= 4 is 5.78 Å². The molecule has 3 rings (SSSR count). The smallest absolute Gasteiger partial charge is 0.136 e. The Kier molecular flexibility index (Phi) is 3.72. The normalized spacial score (nSPS) is 30.1. The van der Waals surface area contributed by atoms with Gasteiger partial charge in [0.15, 0.2) is 0 Å². The van der Waals surface area contributed by atoms with E-state index in [1.54, 1.807) is 0 Å². The van der Waals surface area contributed by atoms with Crippen LogP contribution in [0.15, 0.2) is 24.3 Å². The van der Waals surface area contributed by atoms with Crippen LogP contribution in [-0.4, -0.2) is 5.78 Å². The molecule has 0 aromatic heterocycles. The highest BCUT2D eigenvalue weighted by atomic mass is 16.1. The van der Waals surface area contributed by atoms with Crippen LogP contribution in [0.25, 0.3) is 0 Å². The van der Waals surface area contributed by atoms with Crippen molar-refractivity contribution in [3.8, 4) is 0 Å². The van der Waals surface area contributed by atoms with Crippen molar-refractivity contribution in [2.45, 2.75) is 57.8 Å². The Labute approximate surface area is 116 Å². The van der Waals surface area contributed by atoms with Crippen LogP contribution < -0.4 is 0 Å². The maximum atomic E-state index is 12.5. The van der Waals surface area contributed by atoms with E-state index in [9.17, 15) is 4.79 Å². The van der Waals surface area contributed by atoms with Crippen molar-refractivity contribution in [3.05, 3.63) is 35.4 Å². The summed E-state index contributed by atoms with van der Waals surface area (Å²) in [5, 5.41) is 0. The Morgan fingerprint density at radius 1 is 1.16 bits per heavy atom. The summed E-state index contributed by atoms with van der Waals surface area (Å²) in [7, 11) is 0. The summed E-state index contributed by atoms with van der Waals surface area (Å²) < 4.78 is 0. The van der Waals surface area contributed by atoms with Crippen molar-refractivity contribution < 1.29 is 4.79 Å². The fraction of sp³-hybridized carbons (Fsp3) is 0.611. The first-order chi connectivity index (χ1) is 9.25. The highest BCUT2D eigenvalue weighted by Crippen LogP contribution is 2.38. The standard InChI is InChI=1S/C18H24O/c1-13-6-4-11-16(13)18(19)12-15-9-5-8-14-7-2-3-10-17(14)15/h2-3,7,10,13,15-16H,4-6,8-9,11-12H2,1H3. The SMILES string of the molecule is CC1CCCC1C(=O)CC1CCCc2ccccc21. The molecule has 0 radical (unpaired) electrons. The van der Waals surface area contributed by atoms with Gasteiger partial charge in [0.05, 0.1) is 0 Å². The van der Waals surface area contributed by atoms with Crippen LogP contribution in [0.2, 0.25) is 0 Å². The third-order valence-corrected chi connectivity index (χ3v) is 5.22. The van der Waals surface area contributed by atoms with Gasteiger partial charge in [0, 0.05) is 12.3 Å². The predicted molar refractivity (Wildman–Crippen MR) is 78.3 cm³/mol. The number of carbonyl (C=O) groups excluding carboxylic acids is 1. The maximum Gasteiger partial charge on any atom is 0.136 e. The van der Waals surface area contributed by atoms with E-state index in [0.29, 0.717) is 23.5 Å². The first-order valence-electron chi connectivity index (χ1n) is 7.86. The van der Waals surface area contributed by atoms with Gasteiger partial charge in [0.1, 0.15) is 5.78 Å². The van der Waals surface area contributed by atoms with Gasteiger partial charge in [-0.3, -0.25) is 4.79 Å². The zero-order valence-electron chi connectivity index (χ0n) is 11.9. The molecule has 1 saturated carbocycles. The number of aryl methyl sites for hydroxylation is 1. The van der Waals surface area contributed by atoms with Crippen molar-refractivity contribution in [2.75, 3.05) is 0 Å². The molecule has 0 saturated heterocycles. The van der Waals surface area contributed by atoms with E-state index in [1.165, 1.54) is 43.2 Å². The van der Waals surface area contributed by atoms with Gasteiger partial charge in [-0.05, 0) is 55.1 Å². The van der Waals surface area contributed by atoms with Crippen LogP contribution in [0, 0.1) is 11.8 Å². The van der Waals surface area contributed by atoms with E-state index < -0.39 is 0 Å². The second-order valence-electron chi connectivity index (χ2n) is 6.47. The highest BCUT2D eigenvalue weighted by Gasteiger charge is 2.32. The van der Waals surface area contributed by atoms with Crippen LogP contribution in [-0.2, 0) is 11.2 Å². The number of benzene rings is 1. The van der Waals surface area contributed by atoms with Crippen LogP contribution in [0.1, 0.15) is 62.5 Å². The van der Waals surface area contributed by atoms with Crippen molar-refractivity contribution in [1.82, 2.24) is 0 Å². The molecule has 1 nitrogen and oxygen atoms in total. The summed E-state index contributed by atoms with van der Waals surface area (Å²) in [5.41, 5.74) is 2.93. The number of Topliss-reactive ketones (excluding diaryl/α,β-unsaturated/α-hetero) is 1. The Hall–Kier alpha value is -1.11. The quantitative estimate of drug-likeness (QED) is 0.778. The van der Waals surface area contributed by atoms with Crippen molar-refractivity contribution in [2.24, 2.45) is 11.8 Å². The molecule has 19 heavy (non-hydrogen) atoms. The van der Waals surface area contributed by atoms with Gasteiger partial charge in [-0.25, -0.2) is 0 Å². The molecule has 0 spiro atoms. The molecule has 3 unspecified atom stereocenters. The molecule has 0 bridgehead atoms. The second-order valence-corrected chi connectivity index (χ2v) is 6.47. The summed E-state index contributed by atoms with van der Waals surface area (Å²) in [6.07, 6.45) is 8.05. The van der Waals surface area contributed by atoms with E-state index in [4.69, 9.17) is 0 Å². The van der Waals surface area contributed by atoms with Gasteiger partial charge in [-0.1, -0.05) is 37.6 Å². The molecule has 0 heterocycles. The van der Waals surface area contributed by atoms with E-state index in [0.717, 1.165) is 12.8 Å². The van der Waals surface area contributed by atoms with Crippen molar-refractivity contribution in [1.29, 1.82) is 0 Å². The zero-order valence-corrected chi connectivity index (χ0v) is 11.9. The molecule has 1 fully saturated rings. The molecular formula is C18H24O. The second kappa shape index (κ2) is 5.48. The molecule has 0 aliphatic heterocycles. The molecule has 102 valence electrons. The third kappa shape index (κ3) is 2.61. The minimum Gasteiger partial charge on any atom is -0.299 e. The van der Waals surface area contributed by atoms with Crippen LogP contribution >= 0.6 is 0 Å². The molecule has 0 N–H and O–H groups in total. The fourth-order valence-corrected chi connectivity index (χ4v) is 4.08. The predicted octanol–water partition coefficient (Wildman–Crippen LogP) is 4.50. The van der Waals surface area contributed by atoms with Gasteiger partial charge in [0.2, 0.25) is 0 Å². The summed E-state index contributed by atoms with van der Waals surface area (Å²) in [6, 6.07) is 8.73. The molecule has 1 heteroatoms. The Morgan fingerprint density at radius 2 is 2.00 bits per heavy atom. The number of rotatable bonds is 3. The summed E-state index contributed by atoms with van der Waals surface area (Å²) in [5.74, 6) is 2.00. The molecule has 1 aromatic rings. The Bertz CT molecular complexity index is 463. The van der Waals surface area contributed by atoms with E-state index in [1.807, 2.05) is 0 Å². The van der Waals surface area contributed by atoms with Crippen molar-refractivity contribution in [3.63, 3.8) is 0 Å². The first kappa shape index (κ1) is 12.9. The van der Waals surface area contributed by atoms with E-state index >= 15 is 0 Å². The van der Waals surface area contributed by atoms with Gasteiger partial charge in [-0.15, -0.1) is 0 Å². The lowest BCUT2D eigenvalue weighted by molar-refractivity contribution is -0.124. The molecule has 2 aliphatic carbocycles. The average Bonchev–Trinajstić information content (AvgIpc) is 2.85. The molecule has 1 aromatic carbocycles. The number of carbonyl (C=O) groups is 1. The molecule has 2 aliphatic rings. The minimum atomic E-state index is 0.356. The Balaban J connectivity index is 1.72. The number of hydrogen-bond donors (Lipinski definition) is 0. The maximum absolute atomic E-state index is 12.5. The van der Waals surface area contributed by atoms with Gasteiger partial charge in [-0.2, -0.15) is 0 Å². The molecule has 3 atom stereocenters. The van der Waals surface area contributed by atoms with E-state index in [2.05, 4.69) is 31.2 Å². The monoisotopic (exact) mass is 256 g/mol. The summed E-state index contributed by atoms with van der Waals surface area (Å²) >= 11 is 0.